The molecule has 31 heavy (non-hydrogen) atoms. The van der Waals surface area contributed by atoms with Crippen LogP contribution in [0.25, 0.3) is 22.4 Å². The summed E-state index contributed by atoms with van der Waals surface area (Å²) in [6.45, 7) is 5.22. The minimum atomic E-state index is 0.454. The van der Waals surface area contributed by atoms with Gasteiger partial charge in [-0.3, -0.25) is 10.5 Å². The molecule has 162 valence electrons. The molecule has 1 aromatic carbocycles. The Balaban J connectivity index is 1.31. The van der Waals surface area contributed by atoms with Crippen LogP contribution in [0.15, 0.2) is 24.4 Å². The zero-order valence-corrected chi connectivity index (χ0v) is 18.6. The first kappa shape index (κ1) is 20.3. The highest BCUT2D eigenvalue weighted by Gasteiger charge is 2.25. The van der Waals surface area contributed by atoms with Crippen LogP contribution in [0.3, 0.4) is 0 Å². The van der Waals surface area contributed by atoms with Gasteiger partial charge in [0.15, 0.2) is 11.6 Å². The fourth-order valence-electron chi connectivity index (χ4n) is 4.27. The SMILES string of the molecule is N=C(N1CCCCC1)N1CCN(c2cnc3c(-c4cccc(Cl)c4Cl)n[nH]c3n2)CC1. The summed E-state index contributed by atoms with van der Waals surface area (Å²) in [5, 5.41) is 16.8. The molecule has 2 N–H and O–H groups in total. The highest BCUT2D eigenvalue weighted by atomic mass is 35.5. The summed E-state index contributed by atoms with van der Waals surface area (Å²) in [5.74, 6) is 1.47. The van der Waals surface area contributed by atoms with E-state index < -0.39 is 0 Å². The Labute approximate surface area is 190 Å². The topological polar surface area (TPSA) is 88.0 Å². The maximum Gasteiger partial charge on any atom is 0.193 e. The lowest BCUT2D eigenvalue weighted by molar-refractivity contribution is 0.269. The third-order valence-corrected chi connectivity index (χ3v) is 6.84. The lowest BCUT2D eigenvalue weighted by Gasteiger charge is -2.40. The molecular formula is C21H24Cl2N8. The molecule has 2 fully saturated rings. The fraction of sp³-hybridized carbons (Fsp3) is 0.429. The summed E-state index contributed by atoms with van der Waals surface area (Å²) in [5.41, 5.74) is 2.65. The molecule has 2 aliphatic heterocycles. The number of likely N-dealkylation sites (tertiary alicyclic amines) is 1. The highest BCUT2D eigenvalue weighted by Crippen LogP contribution is 2.35. The van der Waals surface area contributed by atoms with Crippen LogP contribution in [0.4, 0.5) is 5.82 Å². The Morgan fingerprint density at radius 3 is 2.48 bits per heavy atom. The van der Waals surface area contributed by atoms with Gasteiger partial charge in [-0.2, -0.15) is 5.10 Å². The Hall–Kier alpha value is -2.58. The van der Waals surface area contributed by atoms with Gasteiger partial charge in [0.25, 0.3) is 0 Å². The average molecular weight is 459 g/mol. The van der Waals surface area contributed by atoms with Gasteiger partial charge in [-0.1, -0.05) is 35.3 Å². The molecule has 0 aliphatic carbocycles. The monoisotopic (exact) mass is 458 g/mol. The van der Waals surface area contributed by atoms with Crippen molar-refractivity contribution < 1.29 is 0 Å². The molecule has 4 heterocycles. The molecule has 0 bridgehead atoms. The number of hydrogen-bond donors (Lipinski definition) is 2. The molecule has 0 saturated carbocycles. The van der Waals surface area contributed by atoms with E-state index >= 15 is 0 Å². The number of benzene rings is 1. The van der Waals surface area contributed by atoms with Gasteiger partial charge in [-0.15, -0.1) is 0 Å². The van der Waals surface area contributed by atoms with Crippen LogP contribution in [0, 0.1) is 5.41 Å². The number of guanidine groups is 1. The normalized spacial score (nSPS) is 17.4. The number of nitrogens with one attached hydrogen (secondary N) is 2. The number of piperazine rings is 1. The molecule has 2 aliphatic rings. The summed E-state index contributed by atoms with van der Waals surface area (Å²) in [6.07, 6.45) is 5.43. The van der Waals surface area contributed by atoms with Crippen LogP contribution in [-0.4, -0.2) is 75.2 Å². The molecular weight excluding hydrogens is 435 g/mol. The minimum absolute atomic E-state index is 0.454. The minimum Gasteiger partial charge on any atom is -0.352 e. The maximum absolute atomic E-state index is 8.54. The second-order valence-electron chi connectivity index (χ2n) is 7.94. The first-order valence-corrected chi connectivity index (χ1v) is 11.4. The second-order valence-corrected chi connectivity index (χ2v) is 8.73. The Bertz CT molecular complexity index is 1100. The maximum atomic E-state index is 8.54. The number of hydrogen-bond acceptors (Lipinski definition) is 5. The Kier molecular flexibility index (Phi) is 5.58. The smallest absolute Gasteiger partial charge is 0.193 e. The van der Waals surface area contributed by atoms with E-state index in [1.807, 2.05) is 12.1 Å². The number of fused-ring (bicyclic) bond motifs is 1. The van der Waals surface area contributed by atoms with Crippen molar-refractivity contribution in [3.8, 4) is 11.3 Å². The van der Waals surface area contributed by atoms with E-state index in [1.165, 1.54) is 19.3 Å². The van der Waals surface area contributed by atoms with Gasteiger partial charge in [0.1, 0.15) is 17.0 Å². The fourth-order valence-corrected chi connectivity index (χ4v) is 4.66. The van der Waals surface area contributed by atoms with Gasteiger partial charge >= 0.3 is 0 Å². The van der Waals surface area contributed by atoms with E-state index in [9.17, 15) is 0 Å². The van der Waals surface area contributed by atoms with E-state index in [0.717, 1.165) is 50.6 Å². The number of aromatic amines is 1. The van der Waals surface area contributed by atoms with E-state index in [0.29, 0.717) is 32.9 Å². The molecule has 10 heteroatoms. The molecule has 8 nitrogen and oxygen atoms in total. The quantitative estimate of drug-likeness (QED) is 0.447. The van der Waals surface area contributed by atoms with E-state index in [2.05, 4.69) is 29.9 Å². The molecule has 0 atom stereocenters. The van der Waals surface area contributed by atoms with Gasteiger partial charge in [-0.25, -0.2) is 9.97 Å². The van der Waals surface area contributed by atoms with E-state index in [-0.39, 0.29) is 0 Å². The number of piperidine rings is 1. The molecule has 0 amide bonds. The second kappa shape index (κ2) is 8.51. The summed E-state index contributed by atoms with van der Waals surface area (Å²) < 4.78 is 0. The van der Waals surface area contributed by atoms with Crippen molar-refractivity contribution in [2.45, 2.75) is 19.3 Å². The van der Waals surface area contributed by atoms with Crippen LogP contribution in [-0.2, 0) is 0 Å². The van der Waals surface area contributed by atoms with Crippen molar-refractivity contribution >= 4 is 46.1 Å². The van der Waals surface area contributed by atoms with Crippen LogP contribution < -0.4 is 4.90 Å². The van der Waals surface area contributed by atoms with Gasteiger partial charge in [0.2, 0.25) is 0 Å². The van der Waals surface area contributed by atoms with Crippen molar-refractivity contribution in [2.24, 2.45) is 0 Å². The van der Waals surface area contributed by atoms with Crippen LogP contribution in [0.2, 0.25) is 10.0 Å². The third-order valence-electron chi connectivity index (χ3n) is 6.02. The van der Waals surface area contributed by atoms with Crippen LogP contribution >= 0.6 is 23.2 Å². The van der Waals surface area contributed by atoms with Gasteiger partial charge in [0, 0.05) is 44.8 Å². The van der Waals surface area contributed by atoms with Crippen LogP contribution in [0.1, 0.15) is 19.3 Å². The predicted molar refractivity (Wildman–Crippen MR) is 124 cm³/mol. The van der Waals surface area contributed by atoms with Gasteiger partial charge in [0.05, 0.1) is 16.2 Å². The number of anilines is 1. The summed E-state index contributed by atoms with van der Waals surface area (Å²) in [6, 6.07) is 5.46. The van der Waals surface area contributed by atoms with E-state index in [4.69, 9.17) is 33.6 Å². The van der Waals surface area contributed by atoms with Crippen molar-refractivity contribution in [1.82, 2.24) is 30.0 Å². The largest absolute Gasteiger partial charge is 0.352 e. The zero-order chi connectivity index (χ0) is 21.4. The molecule has 5 rings (SSSR count). The first-order valence-electron chi connectivity index (χ1n) is 10.6. The predicted octanol–water partition coefficient (Wildman–Crippen LogP) is 3.87. The van der Waals surface area contributed by atoms with Crippen molar-refractivity contribution in [1.29, 1.82) is 5.41 Å². The number of nitrogens with zero attached hydrogens (tertiary/aromatic N) is 6. The molecule has 0 radical (unpaired) electrons. The Morgan fingerprint density at radius 1 is 0.968 bits per heavy atom. The van der Waals surface area contributed by atoms with Gasteiger partial charge < -0.3 is 14.7 Å². The molecule has 0 unspecified atom stereocenters. The molecule has 0 spiro atoms. The van der Waals surface area contributed by atoms with Gasteiger partial charge in [-0.05, 0) is 25.3 Å². The average Bonchev–Trinajstić information content (AvgIpc) is 3.24. The van der Waals surface area contributed by atoms with E-state index in [1.54, 1.807) is 12.3 Å². The lowest BCUT2D eigenvalue weighted by atomic mass is 10.1. The number of halogens is 2. The molecule has 2 saturated heterocycles. The van der Waals surface area contributed by atoms with Crippen LogP contribution in [0.5, 0.6) is 0 Å². The van der Waals surface area contributed by atoms with Crippen molar-refractivity contribution in [2.75, 3.05) is 44.2 Å². The molecule has 3 aromatic rings. The highest BCUT2D eigenvalue weighted by molar-refractivity contribution is 6.43. The number of rotatable bonds is 2. The van der Waals surface area contributed by atoms with Crippen molar-refractivity contribution in [3.63, 3.8) is 0 Å². The Morgan fingerprint density at radius 2 is 1.71 bits per heavy atom. The van der Waals surface area contributed by atoms with Crippen molar-refractivity contribution in [3.05, 3.63) is 34.4 Å². The zero-order valence-electron chi connectivity index (χ0n) is 17.1. The standard InChI is InChI=1S/C21H24Cl2N8/c22-15-6-4-5-14(17(15)23)18-19-20(28-27-18)26-16(13-25-19)29-9-11-31(12-10-29)21(24)30-7-2-1-3-8-30/h4-6,13,24H,1-3,7-12H2,(H,26,27,28). The summed E-state index contributed by atoms with van der Waals surface area (Å²) >= 11 is 12.5. The first-order chi connectivity index (χ1) is 15.1. The summed E-state index contributed by atoms with van der Waals surface area (Å²) in [4.78, 5) is 16.0. The number of aromatic nitrogens is 4. The summed E-state index contributed by atoms with van der Waals surface area (Å²) in [7, 11) is 0. The molecule has 2 aromatic heterocycles. The number of H-pyrrole nitrogens is 1. The third kappa shape index (κ3) is 3.90. The lowest BCUT2D eigenvalue weighted by Crippen LogP contribution is -2.54.